The van der Waals surface area contributed by atoms with Crippen LogP contribution >= 0.6 is 0 Å². The van der Waals surface area contributed by atoms with Gasteiger partial charge in [-0.2, -0.15) is 5.10 Å². The molecule has 0 bridgehead atoms. The molecule has 0 saturated heterocycles. The highest BCUT2D eigenvalue weighted by Crippen LogP contribution is 2.44. The number of rotatable bonds is 4. The molecule has 1 aliphatic heterocycles. The van der Waals surface area contributed by atoms with E-state index in [0.717, 1.165) is 22.4 Å². The van der Waals surface area contributed by atoms with Crippen molar-refractivity contribution in [2.45, 2.75) is 54.1 Å². The van der Waals surface area contributed by atoms with Crippen molar-refractivity contribution < 1.29 is 14.4 Å². The molecule has 0 spiro atoms. The predicted octanol–water partition coefficient (Wildman–Crippen LogP) is 4.12. The van der Waals surface area contributed by atoms with Gasteiger partial charge >= 0.3 is 0 Å². The van der Waals surface area contributed by atoms with Gasteiger partial charge < -0.3 is 9.57 Å². The van der Waals surface area contributed by atoms with E-state index in [1.54, 1.807) is 18.8 Å². The van der Waals surface area contributed by atoms with Crippen molar-refractivity contribution in [3.63, 3.8) is 0 Å². The lowest BCUT2D eigenvalue weighted by atomic mass is 9.70. The molecule has 0 amide bonds. The third kappa shape index (κ3) is 2.74. The maximum Gasteiger partial charge on any atom is 0.223 e. The second-order valence-corrected chi connectivity index (χ2v) is 8.52. The Kier molecular flexibility index (Phi) is 4.64. The highest BCUT2D eigenvalue weighted by Gasteiger charge is 2.49. The predicted molar refractivity (Wildman–Crippen MR) is 109 cm³/mol. The number of benzene rings is 1. The summed E-state index contributed by atoms with van der Waals surface area (Å²) in [7, 11) is 3.32. The van der Waals surface area contributed by atoms with E-state index in [0.29, 0.717) is 22.7 Å². The van der Waals surface area contributed by atoms with Crippen molar-refractivity contribution in [3.8, 4) is 5.88 Å². The quantitative estimate of drug-likeness (QED) is 0.745. The van der Waals surface area contributed by atoms with E-state index >= 15 is 0 Å². The van der Waals surface area contributed by atoms with E-state index < -0.39 is 5.60 Å². The second kappa shape index (κ2) is 6.47. The Labute approximate surface area is 166 Å². The molecule has 1 aromatic carbocycles. The number of nitrogens with zero attached hydrogens (tertiary/aromatic N) is 3. The van der Waals surface area contributed by atoms with Crippen LogP contribution in [0.2, 0.25) is 0 Å². The van der Waals surface area contributed by atoms with E-state index in [9.17, 15) is 4.79 Å². The zero-order valence-electron chi connectivity index (χ0n) is 18.2. The minimum absolute atomic E-state index is 0.0993. The molecule has 6 heteroatoms. The van der Waals surface area contributed by atoms with Crippen molar-refractivity contribution >= 4 is 11.5 Å². The van der Waals surface area contributed by atoms with Gasteiger partial charge in [-0.05, 0) is 45.7 Å². The van der Waals surface area contributed by atoms with Crippen LogP contribution in [0.3, 0.4) is 0 Å². The summed E-state index contributed by atoms with van der Waals surface area (Å²) < 4.78 is 7.02. The summed E-state index contributed by atoms with van der Waals surface area (Å²) in [6.07, 6.45) is 0. The number of oxime groups is 1. The molecule has 2 heterocycles. The van der Waals surface area contributed by atoms with E-state index in [-0.39, 0.29) is 11.2 Å². The molecule has 0 atom stereocenters. The van der Waals surface area contributed by atoms with Gasteiger partial charge in [0, 0.05) is 18.2 Å². The van der Waals surface area contributed by atoms with Gasteiger partial charge in [-0.15, -0.1) is 0 Å². The SMILES string of the molecule is COc1c(C(=O)c2ccc(C)c(C3=NOC(C)(C)C3(C)C)c2C)c(C)nn1C. The van der Waals surface area contributed by atoms with Crippen molar-refractivity contribution in [1.29, 1.82) is 0 Å². The van der Waals surface area contributed by atoms with E-state index in [1.807, 2.05) is 46.8 Å². The minimum atomic E-state index is -0.426. The Morgan fingerprint density at radius 3 is 2.32 bits per heavy atom. The smallest absolute Gasteiger partial charge is 0.223 e. The number of aromatic nitrogens is 2. The number of carbonyl (C=O) groups excluding carboxylic acids is 1. The van der Waals surface area contributed by atoms with Crippen molar-refractivity contribution in [2.24, 2.45) is 17.6 Å². The molecular weight excluding hydrogens is 354 g/mol. The van der Waals surface area contributed by atoms with Gasteiger partial charge in [-0.1, -0.05) is 31.1 Å². The van der Waals surface area contributed by atoms with Crippen LogP contribution < -0.4 is 4.74 Å². The van der Waals surface area contributed by atoms with Gasteiger partial charge in [0.25, 0.3) is 0 Å². The van der Waals surface area contributed by atoms with Gasteiger partial charge in [-0.3, -0.25) is 4.79 Å². The lowest BCUT2D eigenvalue weighted by molar-refractivity contribution is -0.0409. The third-order valence-electron chi connectivity index (χ3n) is 6.21. The third-order valence-corrected chi connectivity index (χ3v) is 6.21. The highest BCUT2D eigenvalue weighted by atomic mass is 16.7. The van der Waals surface area contributed by atoms with E-state index in [1.165, 1.54) is 0 Å². The normalized spacial score (nSPS) is 17.2. The maximum absolute atomic E-state index is 13.4. The first-order valence-corrected chi connectivity index (χ1v) is 9.43. The molecule has 0 saturated carbocycles. The van der Waals surface area contributed by atoms with E-state index in [2.05, 4.69) is 24.1 Å². The topological polar surface area (TPSA) is 65.7 Å². The highest BCUT2D eigenvalue weighted by molar-refractivity contribution is 6.15. The summed E-state index contributed by atoms with van der Waals surface area (Å²) >= 11 is 0. The molecule has 6 nitrogen and oxygen atoms in total. The van der Waals surface area contributed by atoms with Crippen LogP contribution in [0.4, 0.5) is 0 Å². The Balaban J connectivity index is 2.18. The number of ether oxygens (including phenoxy) is 1. The Morgan fingerprint density at radius 2 is 1.79 bits per heavy atom. The van der Waals surface area contributed by atoms with Crippen LogP contribution in [0.25, 0.3) is 0 Å². The average Bonchev–Trinajstić information content (AvgIpc) is 3.00. The molecule has 0 unspecified atom stereocenters. The Morgan fingerprint density at radius 1 is 1.14 bits per heavy atom. The molecule has 1 aliphatic rings. The standard InChI is InChI=1S/C22H29N3O3/c1-12-10-11-15(18(26)17-14(3)23-25(8)20(17)27-9)13(2)16(12)19-21(4,5)22(6,7)28-24-19/h10-11H,1-9H3. The van der Waals surface area contributed by atoms with Gasteiger partial charge in [0.15, 0.2) is 0 Å². The van der Waals surface area contributed by atoms with Crippen molar-refractivity contribution in [2.75, 3.05) is 7.11 Å². The maximum atomic E-state index is 13.4. The van der Waals surface area contributed by atoms with Crippen LogP contribution in [0.15, 0.2) is 17.3 Å². The van der Waals surface area contributed by atoms with Crippen LogP contribution in [-0.2, 0) is 11.9 Å². The number of ketones is 1. The molecular formula is C22H29N3O3. The molecule has 0 fully saturated rings. The van der Waals surface area contributed by atoms with Gasteiger partial charge in [0.1, 0.15) is 11.2 Å². The molecule has 0 radical (unpaired) electrons. The number of aryl methyl sites for hydroxylation is 3. The first kappa shape index (κ1) is 20.1. The lowest BCUT2D eigenvalue weighted by Gasteiger charge is -2.33. The number of methoxy groups -OCH3 is 1. The first-order valence-electron chi connectivity index (χ1n) is 9.43. The van der Waals surface area contributed by atoms with Crippen molar-refractivity contribution in [1.82, 2.24) is 9.78 Å². The summed E-state index contributed by atoms with van der Waals surface area (Å²) in [6, 6.07) is 3.84. The Hall–Kier alpha value is -2.63. The van der Waals surface area contributed by atoms with Gasteiger partial charge in [0.2, 0.25) is 11.7 Å². The fraction of sp³-hybridized carbons (Fsp3) is 0.500. The van der Waals surface area contributed by atoms with Gasteiger partial charge in [0.05, 0.1) is 23.9 Å². The number of hydrogen-bond acceptors (Lipinski definition) is 5. The molecule has 1 aromatic heterocycles. The summed E-state index contributed by atoms with van der Waals surface area (Å²) in [5.41, 5.74) is 4.84. The van der Waals surface area contributed by atoms with E-state index in [4.69, 9.17) is 9.57 Å². The summed E-state index contributed by atoms with van der Waals surface area (Å²) in [4.78, 5) is 19.2. The van der Waals surface area contributed by atoms with Crippen LogP contribution in [0.1, 0.15) is 66.0 Å². The number of hydrogen-bond donors (Lipinski definition) is 0. The number of carbonyl (C=O) groups is 1. The van der Waals surface area contributed by atoms with Crippen LogP contribution in [-0.4, -0.2) is 34.0 Å². The first-order chi connectivity index (χ1) is 12.9. The zero-order valence-corrected chi connectivity index (χ0v) is 18.2. The summed E-state index contributed by atoms with van der Waals surface area (Å²) in [5, 5.41) is 8.77. The molecule has 3 rings (SSSR count). The van der Waals surface area contributed by atoms with Crippen LogP contribution in [0, 0.1) is 26.2 Å². The molecule has 0 aliphatic carbocycles. The monoisotopic (exact) mass is 383 g/mol. The fourth-order valence-electron chi connectivity index (χ4n) is 3.76. The average molecular weight is 383 g/mol. The molecule has 2 aromatic rings. The largest absolute Gasteiger partial charge is 0.481 e. The summed E-state index contributed by atoms with van der Waals surface area (Å²) in [6.45, 7) is 14.1. The summed E-state index contributed by atoms with van der Waals surface area (Å²) in [5.74, 6) is 0.366. The lowest BCUT2D eigenvalue weighted by Crippen LogP contribution is -2.41. The minimum Gasteiger partial charge on any atom is -0.481 e. The fourth-order valence-corrected chi connectivity index (χ4v) is 3.76. The second-order valence-electron chi connectivity index (χ2n) is 8.52. The molecule has 28 heavy (non-hydrogen) atoms. The van der Waals surface area contributed by atoms with Crippen molar-refractivity contribution in [3.05, 3.63) is 45.6 Å². The molecule has 0 N–H and O–H groups in total. The van der Waals surface area contributed by atoms with Crippen LogP contribution in [0.5, 0.6) is 5.88 Å². The zero-order chi connectivity index (χ0) is 21.0. The Bertz CT molecular complexity index is 997. The molecule has 150 valence electrons. The van der Waals surface area contributed by atoms with Gasteiger partial charge in [-0.25, -0.2) is 4.68 Å².